The molecule has 8 nitrogen and oxygen atoms in total. The van der Waals surface area contributed by atoms with E-state index >= 15 is 0 Å². The number of likely N-dealkylation sites (tertiary alicyclic amines) is 1. The van der Waals surface area contributed by atoms with Crippen molar-refractivity contribution in [3.05, 3.63) is 65.9 Å². The van der Waals surface area contributed by atoms with Gasteiger partial charge >= 0.3 is 0 Å². The van der Waals surface area contributed by atoms with Gasteiger partial charge in [-0.05, 0) is 74.2 Å². The van der Waals surface area contributed by atoms with Gasteiger partial charge in [0.25, 0.3) is 5.91 Å². The van der Waals surface area contributed by atoms with Gasteiger partial charge in [-0.15, -0.1) is 0 Å². The van der Waals surface area contributed by atoms with Gasteiger partial charge in [-0.1, -0.05) is 30.7 Å². The predicted octanol–water partition coefficient (Wildman–Crippen LogP) is 4.06. The first-order valence-corrected chi connectivity index (χ1v) is 14.1. The minimum Gasteiger partial charge on any atom is -0.493 e. The number of amides is 3. The number of para-hydroxylation sites is 1. The van der Waals surface area contributed by atoms with Gasteiger partial charge in [0.05, 0.1) is 17.6 Å². The van der Waals surface area contributed by atoms with E-state index in [0.29, 0.717) is 69.9 Å². The molecule has 1 saturated heterocycles. The van der Waals surface area contributed by atoms with Gasteiger partial charge in [0.1, 0.15) is 12.3 Å². The maximum absolute atomic E-state index is 13.5. The van der Waals surface area contributed by atoms with Gasteiger partial charge in [-0.25, -0.2) is 0 Å². The molecule has 8 heteroatoms. The van der Waals surface area contributed by atoms with Crippen molar-refractivity contribution in [2.24, 2.45) is 5.41 Å². The third-order valence-electron chi connectivity index (χ3n) is 8.15. The van der Waals surface area contributed by atoms with Gasteiger partial charge in [-0.2, -0.15) is 0 Å². The van der Waals surface area contributed by atoms with Gasteiger partial charge in [0.2, 0.25) is 11.8 Å². The number of fused-ring (bicyclic) bond motifs is 2. The maximum Gasteiger partial charge on any atom is 0.255 e. The summed E-state index contributed by atoms with van der Waals surface area (Å²) in [4.78, 5) is 41.3. The van der Waals surface area contributed by atoms with Crippen molar-refractivity contribution < 1.29 is 19.1 Å². The zero-order chi connectivity index (χ0) is 27.2. The van der Waals surface area contributed by atoms with E-state index in [1.165, 1.54) is 0 Å². The van der Waals surface area contributed by atoms with E-state index in [1.807, 2.05) is 71.1 Å². The molecule has 1 spiro atoms. The number of hydrogen-bond acceptors (Lipinski definition) is 4. The predicted molar refractivity (Wildman–Crippen MR) is 151 cm³/mol. The first kappa shape index (κ1) is 26.8. The largest absolute Gasteiger partial charge is 0.493 e. The summed E-state index contributed by atoms with van der Waals surface area (Å²) in [5.74, 6) is 0.598. The average molecular weight is 531 g/mol. The highest BCUT2D eigenvalue weighted by Crippen LogP contribution is 2.37. The number of carbonyl (C=O) groups excluding carboxylic acids is 3. The Morgan fingerprint density at radius 2 is 1.74 bits per heavy atom. The van der Waals surface area contributed by atoms with E-state index in [4.69, 9.17) is 4.74 Å². The number of piperidine rings is 1. The lowest BCUT2D eigenvalue weighted by atomic mass is 9.73. The molecule has 0 unspecified atom stereocenters. The number of aromatic nitrogens is 1. The van der Waals surface area contributed by atoms with E-state index in [1.54, 1.807) is 0 Å². The van der Waals surface area contributed by atoms with Crippen molar-refractivity contribution in [3.63, 3.8) is 0 Å². The highest BCUT2D eigenvalue weighted by atomic mass is 16.5. The minimum absolute atomic E-state index is 0.0705. The molecule has 3 heterocycles. The molecular formula is C31H38N4O4. The summed E-state index contributed by atoms with van der Waals surface area (Å²) >= 11 is 0. The fourth-order valence-electron chi connectivity index (χ4n) is 5.76. The monoisotopic (exact) mass is 530 g/mol. The first-order valence-electron chi connectivity index (χ1n) is 14.1. The Morgan fingerprint density at radius 1 is 0.949 bits per heavy atom. The molecule has 2 aliphatic heterocycles. The summed E-state index contributed by atoms with van der Waals surface area (Å²) in [7, 11) is 0. The first-order chi connectivity index (χ1) is 18.9. The molecule has 206 valence electrons. The van der Waals surface area contributed by atoms with Crippen LogP contribution in [0.5, 0.6) is 5.75 Å². The van der Waals surface area contributed by atoms with Crippen LogP contribution in [0.1, 0.15) is 54.4 Å². The van der Waals surface area contributed by atoms with Gasteiger partial charge < -0.3 is 24.8 Å². The Balaban J connectivity index is 1.21. The highest BCUT2D eigenvalue weighted by Gasteiger charge is 2.41. The summed E-state index contributed by atoms with van der Waals surface area (Å²) in [6.45, 7) is 4.87. The van der Waals surface area contributed by atoms with Crippen LogP contribution in [-0.2, 0) is 16.1 Å². The SMILES string of the molecule is Cc1ccc2c(c1)OCCCNC(=O)C1(CCCCNC2=O)CCN(C(=O)Cn2ccc3ccccc32)CC1. The van der Waals surface area contributed by atoms with Crippen molar-refractivity contribution in [3.8, 4) is 5.75 Å². The molecule has 2 aromatic carbocycles. The number of ether oxygens (including phenoxy) is 1. The second kappa shape index (κ2) is 11.9. The number of benzene rings is 2. The molecular weight excluding hydrogens is 492 g/mol. The molecule has 0 bridgehead atoms. The molecule has 1 aromatic heterocycles. The van der Waals surface area contributed by atoms with Crippen LogP contribution in [0.25, 0.3) is 10.9 Å². The van der Waals surface area contributed by atoms with Crippen molar-refractivity contribution >= 4 is 28.6 Å². The molecule has 2 aliphatic rings. The lowest BCUT2D eigenvalue weighted by molar-refractivity contribution is -0.141. The summed E-state index contributed by atoms with van der Waals surface area (Å²) in [6, 6.07) is 15.7. The van der Waals surface area contributed by atoms with E-state index in [9.17, 15) is 14.4 Å². The topological polar surface area (TPSA) is 92.7 Å². The molecule has 3 amide bonds. The number of nitrogens with one attached hydrogen (secondary N) is 2. The van der Waals surface area contributed by atoms with Gasteiger partial charge in [-0.3, -0.25) is 14.4 Å². The zero-order valence-electron chi connectivity index (χ0n) is 22.7. The van der Waals surface area contributed by atoms with Crippen LogP contribution in [0.3, 0.4) is 0 Å². The van der Waals surface area contributed by atoms with E-state index in [2.05, 4.69) is 10.6 Å². The molecule has 39 heavy (non-hydrogen) atoms. The second-order valence-corrected chi connectivity index (χ2v) is 10.8. The van der Waals surface area contributed by atoms with Crippen LogP contribution in [0.2, 0.25) is 0 Å². The molecule has 0 radical (unpaired) electrons. The van der Waals surface area contributed by atoms with Crippen LogP contribution in [0.4, 0.5) is 0 Å². The molecule has 0 saturated carbocycles. The standard InChI is InChI=1S/C31H38N4O4/c1-23-9-10-25-27(21-23)39-20-6-16-33-30(38)31(12-4-5-15-32-29(25)37)13-18-34(19-14-31)28(36)22-35-17-11-24-7-2-3-8-26(24)35/h2-3,7-11,17,21H,4-6,12-16,18-20,22H2,1H3,(H,32,37)(H,33,38). The molecule has 5 rings (SSSR count). The second-order valence-electron chi connectivity index (χ2n) is 10.8. The van der Waals surface area contributed by atoms with Crippen LogP contribution >= 0.6 is 0 Å². The Hall–Kier alpha value is -3.81. The number of aryl methyl sites for hydroxylation is 1. The van der Waals surface area contributed by atoms with Crippen molar-refractivity contribution in [2.45, 2.75) is 52.0 Å². The molecule has 0 atom stereocenters. The van der Waals surface area contributed by atoms with Gasteiger partial charge in [0.15, 0.2) is 0 Å². The minimum atomic E-state index is -0.498. The fraction of sp³-hybridized carbons (Fsp3) is 0.452. The smallest absolute Gasteiger partial charge is 0.255 e. The summed E-state index contributed by atoms with van der Waals surface area (Å²) in [5, 5.41) is 7.28. The number of hydrogen-bond donors (Lipinski definition) is 2. The third kappa shape index (κ3) is 6.10. The average Bonchev–Trinajstić information content (AvgIpc) is 3.35. The van der Waals surface area contributed by atoms with Gasteiger partial charge in [0, 0.05) is 37.9 Å². The van der Waals surface area contributed by atoms with Crippen LogP contribution < -0.4 is 15.4 Å². The van der Waals surface area contributed by atoms with Crippen molar-refractivity contribution in [1.82, 2.24) is 20.1 Å². The third-order valence-corrected chi connectivity index (χ3v) is 8.15. The van der Waals surface area contributed by atoms with E-state index in [0.717, 1.165) is 35.7 Å². The summed E-state index contributed by atoms with van der Waals surface area (Å²) in [5.41, 5.74) is 2.12. The number of carbonyl (C=O) groups is 3. The molecule has 2 N–H and O–H groups in total. The molecule has 1 fully saturated rings. The van der Waals surface area contributed by atoms with Crippen LogP contribution in [-0.4, -0.2) is 60.0 Å². The Kier molecular flexibility index (Phi) is 8.19. The van der Waals surface area contributed by atoms with E-state index < -0.39 is 5.41 Å². The van der Waals surface area contributed by atoms with Crippen molar-refractivity contribution in [2.75, 3.05) is 32.8 Å². The Labute approximate surface area is 229 Å². The van der Waals surface area contributed by atoms with Crippen molar-refractivity contribution in [1.29, 1.82) is 0 Å². The zero-order valence-corrected chi connectivity index (χ0v) is 22.7. The van der Waals surface area contributed by atoms with Crippen LogP contribution in [0, 0.1) is 12.3 Å². The summed E-state index contributed by atoms with van der Waals surface area (Å²) < 4.78 is 7.93. The quantitative estimate of drug-likeness (QED) is 0.523. The number of rotatable bonds is 2. The lowest BCUT2D eigenvalue weighted by Gasteiger charge is -2.41. The fourth-order valence-corrected chi connectivity index (χ4v) is 5.76. The normalized spacial score (nSPS) is 18.8. The maximum atomic E-state index is 13.5. The Morgan fingerprint density at radius 3 is 2.59 bits per heavy atom. The lowest BCUT2D eigenvalue weighted by Crippen LogP contribution is -2.51. The Bertz CT molecular complexity index is 1340. The number of nitrogens with zero attached hydrogens (tertiary/aromatic N) is 2. The van der Waals surface area contributed by atoms with E-state index in [-0.39, 0.29) is 17.7 Å². The highest BCUT2D eigenvalue weighted by molar-refractivity contribution is 5.97. The summed E-state index contributed by atoms with van der Waals surface area (Å²) in [6.07, 6.45) is 6.25. The molecule has 3 aromatic rings. The van der Waals surface area contributed by atoms with Crippen LogP contribution in [0.15, 0.2) is 54.7 Å². The molecule has 0 aliphatic carbocycles.